The van der Waals surface area contributed by atoms with Crippen molar-refractivity contribution in [1.29, 1.82) is 0 Å². The van der Waals surface area contributed by atoms with Crippen LogP contribution in [-0.4, -0.2) is 38.0 Å². The Labute approximate surface area is 130 Å². The maximum Gasteiger partial charge on any atom is 0.325 e. The van der Waals surface area contributed by atoms with Crippen molar-refractivity contribution in [3.8, 4) is 0 Å². The van der Waals surface area contributed by atoms with Crippen LogP contribution in [-0.2, 0) is 19.1 Å². The minimum atomic E-state index is -0.516. The second kappa shape index (κ2) is 6.71. The molecule has 1 aliphatic rings. The molecule has 1 heterocycles. The van der Waals surface area contributed by atoms with E-state index in [1.165, 1.54) is 7.11 Å². The maximum atomic E-state index is 12.0. The van der Waals surface area contributed by atoms with Gasteiger partial charge >= 0.3 is 5.97 Å². The van der Waals surface area contributed by atoms with Crippen LogP contribution in [0.25, 0.3) is 0 Å². The van der Waals surface area contributed by atoms with Crippen LogP contribution in [0.15, 0.2) is 28.7 Å². The van der Waals surface area contributed by atoms with Crippen LogP contribution in [0.5, 0.6) is 0 Å². The number of carbonyl (C=O) groups excluding carboxylic acids is 3. The van der Waals surface area contributed by atoms with E-state index in [1.54, 1.807) is 4.90 Å². The first kappa shape index (κ1) is 15.5. The lowest BCUT2D eigenvalue weighted by atomic mass is 10.1. The topological polar surface area (TPSA) is 75.7 Å². The van der Waals surface area contributed by atoms with Gasteiger partial charge in [-0.15, -0.1) is 0 Å². The van der Waals surface area contributed by atoms with E-state index in [0.717, 1.165) is 10.2 Å². The number of hydrogen-bond donors (Lipinski definition) is 1. The average Bonchev–Trinajstić information content (AvgIpc) is 2.87. The average molecular weight is 355 g/mol. The predicted molar refractivity (Wildman–Crippen MR) is 79.6 cm³/mol. The van der Waals surface area contributed by atoms with E-state index < -0.39 is 11.9 Å². The lowest BCUT2D eigenvalue weighted by Crippen LogP contribution is -2.36. The van der Waals surface area contributed by atoms with Gasteiger partial charge in [-0.1, -0.05) is 15.9 Å². The molecule has 112 valence electrons. The van der Waals surface area contributed by atoms with Crippen molar-refractivity contribution in [3.63, 3.8) is 0 Å². The molecule has 0 aromatic heterocycles. The molecule has 1 N–H and O–H groups in total. The highest BCUT2D eigenvalue weighted by molar-refractivity contribution is 9.10. The quantitative estimate of drug-likeness (QED) is 0.821. The molecule has 0 radical (unpaired) electrons. The molecular formula is C14H15BrN2O4. The highest BCUT2D eigenvalue weighted by atomic mass is 79.9. The number of halogens is 1. The fraction of sp³-hybridized carbons (Fsp3) is 0.357. The summed E-state index contributed by atoms with van der Waals surface area (Å²) in [4.78, 5) is 36.5. The summed E-state index contributed by atoms with van der Waals surface area (Å²) in [5.74, 6) is -1.38. The molecule has 2 rings (SSSR count). The molecule has 0 spiro atoms. The Kier molecular flexibility index (Phi) is 4.95. The van der Waals surface area contributed by atoms with Gasteiger partial charge < -0.3 is 15.0 Å². The van der Waals surface area contributed by atoms with E-state index in [2.05, 4.69) is 26.0 Å². The van der Waals surface area contributed by atoms with E-state index in [-0.39, 0.29) is 24.8 Å². The number of rotatable bonds is 4. The summed E-state index contributed by atoms with van der Waals surface area (Å²) in [6.07, 6.45) is 0.142. The smallest absolute Gasteiger partial charge is 0.325 e. The normalized spacial score (nSPS) is 17.7. The van der Waals surface area contributed by atoms with E-state index in [0.29, 0.717) is 6.54 Å². The Morgan fingerprint density at radius 2 is 2.05 bits per heavy atom. The summed E-state index contributed by atoms with van der Waals surface area (Å²) in [5, 5.41) is 2.48. The SMILES string of the molecule is COC(=O)CNC(=O)[C@H]1CC(=O)N(c2ccc(Br)cc2)C1. The van der Waals surface area contributed by atoms with Gasteiger partial charge in [0.05, 0.1) is 13.0 Å². The Morgan fingerprint density at radius 1 is 1.38 bits per heavy atom. The van der Waals surface area contributed by atoms with Gasteiger partial charge in [0.25, 0.3) is 0 Å². The van der Waals surface area contributed by atoms with Gasteiger partial charge in [0.15, 0.2) is 0 Å². The van der Waals surface area contributed by atoms with Gasteiger partial charge in [-0.3, -0.25) is 14.4 Å². The van der Waals surface area contributed by atoms with Gasteiger partial charge in [-0.05, 0) is 24.3 Å². The molecule has 2 amide bonds. The molecule has 1 aliphatic heterocycles. The summed E-state index contributed by atoms with van der Waals surface area (Å²) in [6, 6.07) is 7.31. The molecule has 1 atom stereocenters. The highest BCUT2D eigenvalue weighted by Crippen LogP contribution is 2.26. The lowest BCUT2D eigenvalue weighted by molar-refractivity contribution is -0.141. The summed E-state index contributed by atoms with van der Waals surface area (Å²) < 4.78 is 5.37. The molecule has 1 saturated heterocycles. The summed E-state index contributed by atoms with van der Waals surface area (Å²) in [7, 11) is 1.25. The molecule has 0 saturated carbocycles. The van der Waals surface area contributed by atoms with E-state index in [1.807, 2.05) is 24.3 Å². The van der Waals surface area contributed by atoms with Crippen LogP contribution in [0.1, 0.15) is 6.42 Å². The van der Waals surface area contributed by atoms with Crippen LogP contribution in [0.3, 0.4) is 0 Å². The molecule has 0 bridgehead atoms. The van der Waals surface area contributed by atoms with Crippen molar-refractivity contribution in [3.05, 3.63) is 28.7 Å². The highest BCUT2D eigenvalue weighted by Gasteiger charge is 2.35. The second-order valence-corrected chi connectivity index (χ2v) is 5.59. The van der Waals surface area contributed by atoms with Crippen molar-refractivity contribution in [2.75, 3.05) is 25.1 Å². The van der Waals surface area contributed by atoms with Crippen molar-refractivity contribution < 1.29 is 19.1 Å². The third kappa shape index (κ3) is 3.81. The van der Waals surface area contributed by atoms with Crippen LogP contribution in [0.2, 0.25) is 0 Å². The fourth-order valence-electron chi connectivity index (χ4n) is 2.13. The minimum absolute atomic E-state index is 0.101. The van der Waals surface area contributed by atoms with Crippen LogP contribution >= 0.6 is 15.9 Å². The molecule has 1 aromatic rings. The number of ether oxygens (including phenoxy) is 1. The Morgan fingerprint density at radius 3 is 2.67 bits per heavy atom. The molecule has 1 fully saturated rings. The van der Waals surface area contributed by atoms with Gasteiger partial charge in [0.2, 0.25) is 11.8 Å². The first-order valence-electron chi connectivity index (χ1n) is 6.41. The summed E-state index contributed by atoms with van der Waals surface area (Å²) in [6.45, 7) is 0.131. The van der Waals surface area contributed by atoms with Crippen molar-refractivity contribution >= 4 is 39.4 Å². The number of esters is 1. The third-order valence-corrected chi connectivity index (χ3v) is 3.80. The van der Waals surface area contributed by atoms with Gasteiger partial charge in [-0.25, -0.2) is 0 Å². The van der Waals surface area contributed by atoms with Gasteiger partial charge in [0, 0.05) is 23.1 Å². The number of hydrogen-bond acceptors (Lipinski definition) is 4. The molecule has 21 heavy (non-hydrogen) atoms. The summed E-state index contributed by atoms with van der Waals surface area (Å²) in [5.41, 5.74) is 0.756. The maximum absolute atomic E-state index is 12.0. The molecule has 1 aromatic carbocycles. The number of carbonyl (C=O) groups is 3. The summed E-state index contributed by atoms with van der Waals surface area (Å²) >= 11 is 3.33. The fourth-order valence-corrected chi connectivity index (χ4v) is 2.39. The van der Waals surface area contributed by atoms with E-state index >= 15 is 0 Å². The Bertz CT molecular complexity index is 559. The number of methoxy groups -OCH3 is 1. The molecule has 6 nitrogen and oxygen atoms in total. The molecular weight excluding hydrogens is 340 g/mol. The lowest BCUT2D eigenvalue weighted by Gasteiger charge is -2.16. The second-order valence-electron chi connectivity index (χ2n) is 4.68. The third-order valence-electron chi connectivity index (χ3n) is 3.27. The first-order chi connectivity index (χ1) is 10.0. The molecule has 0 aliphatic carbocycles. The van der Waals surface area contributed by atoms with Crippen molar-refractivity contribution in [2.45, 2.75) is 6.42 Å². The number of nitrogens with one attached hydrogen (secondary N) is 1. The standard InChI is InChI=1S/C14H15BrN2O4/c1-21-13(19)7-16-14(20)9-6-12(18)17(8-9)11-4-2-10(15)3-5-11/h2-5,9H,6-8H2,1H3,(H,16,20)/t9-/m0/s1. The van der Waals surface area contributed by atoms with E-state index in [9.17, 15) is 14.4 Å². The number of benzene rings is 1. The largest absolute Gasteiger partial charge is 0.468 e. The molecule has 0 unspecified atom stereocenters. The number of anilines is 1. The monoisotopic (exact) mass is 354 g/mol. The van der Waals surface area contributed by atoms with Crippen LogP contribution in [0.4, 0.5) is 5.69 Å². The zero-order chi connectivity index (χ0) is 15.4. The van der Waals surface area contributed by atoms with Crippen LogP contribution in [0, 0.1) is 5.92 Å². The van der Waals surface area contributed by atoms with Gasteiger partial charge in [-0.2, -0.15) is 0 Å². The van der Waals surface area contributed by atoms with E-state index in [4.69, 9.17) is 0 Å². The van der Waals surface area contributed by atoms with Crippen molar-refractivity contribution in [2.24, 2.45) is 5.92 Å². The van der Waals surface area contributed by atoms with Crippen molar-refractivity contribution in [1.82, 2.24) is 5.32 Å². The zero-order valence-corrected chi connectivity index (χ0v) is 13.1. The number of amides is 2. The Hall–Kier alpha value is -1.89. The molecule has 7 heteroatoms. The zero-order valence-electron chi connectivity index (χ0n) is 11.5. The van der Waals surface area contributed by atoms with Crippen LogP contribution < -0.4 is 10.2 Å². The Balaban J connectivity index is 1.97. The number of nitrogens with zero attached hydrogens (tertiary/aromatic N) is 1. The minimum Gasteiger partial charge on any atom is -0.468 e. The predicted octanol–water partition coefficient (Wildman–Crippen LogP) is 1.09. The first-order valence-corrected chi connectivity index (χ1v) is 7.21. The van der Waals surface area contributed by atoms with Gasteiger partial charge in [0.1, 0.15) is 6.54 Å².